The van der Waals surface area contributed by atoms with Gasteiger partial charge in [-0.05, 0) is 48.7 Å². The van der Waals surface area contributed by atoms with Gasteiger partial charge >= 0.3 is 0 Å². The summed E-state index contributed by atoms with van der Waals surface area (Å²) in [5, 5.41) is 13.5. The Kier molecular flexibility index (Phi) is 5.16. The summed E-state index contributed by atoms with van der Waals surface area (Å²) in [4.78, 5) is 6.99. The molecular formula is C19H23BrN4O2. The van der Waals surface area contributed by atoms with Crippen LogP contribution in [0.15, 0.2) is 21.2 Å². The normalized spacial score (nSPS) is 23.8. The van der Waals surface area contributed by atoms with E-state index in [4.69, 9.17) is 14.4 Å². The van der Waals surface area contributed by atoms with Gasteiger partial charge in [-0.15, -0.1) is 0 Å². The Morgan fingerprint density at radius 2 is 2.12 bits per heavy atom. The molecule has 2 fully saturated rings. The third-order valence-electron chi connectivity index (χ3n) is 5.54. The summed E-state index contributed by atoms with van der Waals surface area (Å²) in [6.45, 7) is 2.99. The number of nitrogens with one attached hydrogen (secondary N) is 1. The summed E-state index contributed by atoms with van der Waals surface area (Å²) in [5.74, 6) is 1.85. The molecule has 0 bridgehead atoms. The highest BCUT2D eigenvalue weighted by Crippen LogP contribution is 2.33. The highest BCUT2D eigenvalue weighted by atomic mass is 79.9. The lowest BCUT2D eigenvalue weighted by atomic mass is 9.89. The summed E-state index contributed by atoms with van der Waals surface area (Å²) >= 11 is 3.61. The molecule has 2 aliphatic rings. The van der Waals surface area contributed by atoms with Crippen molar-refractivity contribution in [3.05, 3.63) is 22.5 Å². The van der Waals surface area contributed by atoms with Crippen LogP contribution >= 0.6 is 15.9 Å². The molecule has 1 aliphatic heterocycles. The number of hydrogen-bond donors (Lipinski definition) is 1. The number of rotatable bonds is 5. The predicted octanol–water partition coefficient (Wildman–Crippen LogP) is 3.76. The summed E-state index contributed by atoms with van der Waals surface area (Å²) in [7, 11) is 2.24. The molecule has 7 heteroatoms. The van der Waals surface area contributed by atoms with Gasteiger partial charge in [-0.2, -0.15) is 5.26 Å². The average molecular weight is 419 g/mol. The van der Waals surface area contributed by atoms with Gasteiger partial charge < -0.3 is 19.4 Å². The molecule has 1 aliphatic carbocycles. The van der Waals surface area contributed by atoms with Crippen LogP contribution in [-0.4, -0.2) is 48.8 Å². The lowest BCUT2D eigenvalue weighted by Gasteiger charge is -2.38. The minimum absolute atomic E-state index is 0.306. The van der Waals surface area contributed by atoms with Gasteiger partial charge in [0.25, 0.3) is 0 Å². The Balaban J connectivity index is 1.36. The summed E-state index contributed by atoms with van der Waals surface area (Å²) in [6, 6.07) is 4.88. The molecule has 0 spiro atoms. The fourth-order valence-corrected chi connectivity index (χ4v) is 4.46. The number of pyridine rings is 1. The van der Waals surface area contributed by atoms with Crippen LogP contribution in [0.1, 0.15) is 31.4 Å². The van der Waals surface area contributed by atoms with Crippen molar-refractivity contribution in [3.63, 3.8) is 0 Å². The zero-order valence-corrected chi connectivity index (χ0v) is 16.5. The topological polar surface area (TPSA) is 74.3 Å². The van der Waals surface area contributed by atoms with Crippen molar-refractivity contribution in [2.24, 2.45) is 5.92 Å². The maximum absolute atomic E-state index is 9.00. The van der Waals surface area contributed by atoms with Crippen LogP contribution in [0, 0.1) is 17.2 Å². The monoisotopic (exact) mass is 418 g/mol. The number of aromatic nitrogens is 1. The van der Waals surface area contributed by atoms with Crippen molar-refractivity contribution < 1.29 is 9.15 Å². The maximum Gasteiger partial charge on any atom is 0.204 e. The number of anilines is 1. The van der Waals surface area contributed by atoms with Gasteiger partial charge in [-0.25, -0.2) is 4.98 Å². The van der Waals surface area contributed by atoms with Crippen molar-refractivity contribution >= 4 is 32.7 Å². The smallest absolute Gasteiger partial charge is 0.204 e. The molecule has 0 amide bonds. The third kappa shape index (κ3) is 3.59. The molecule has 1 N–H and O–H groups in total. The summed E-state index contributed by atoms with van der Waals surface area (Å²) < 4.78 is 11.6. The number of ether oxygens (including phenoxy) is 1. The van der Waals surface area contributed by atoms with Crippen molar-refractivity contribution in [1.29, 1.82) is 5.26 Å². The van der Waals surface area contributed by atoms with E-state index in [9.17, 15) is 0 Å². The first-order valence-corrected chi connectivity index (χ1v) is 9.96. The van der Waals surface area contributed by atoms with Gasteiger partial charge in [0, 0.05) is 36.0 Å². The average Bonchev–Trinajstić information content (AvgIpc) is 3.05. The van der Waals surface area contributed by atoms with E-state index in [1.54, 1.807) is 12.3 Å². The number of fused-ring (bicyclic) bond motifs is 1. The predicted molar refractivity (Wildman–Crippen MR) is 103 cm³/mol. The number of nitriles is 1. The Bertz CT molecular complexity index is 819. The molecule has 0 unspecified atom stereocenters. The van der Waals surface area contributed by atoms with Gasteiger partial charge in [-0.3, -0.25) is 0 Å². The van der Waals surface area contributed by atoms with Gasteiger partial charge in [0.05, 0.1) is 23.9 Å². The van der Waals surface area contributed by atoms with E-state index < -0.39 is 0 Å². The molecule has 3 heterocycles. The van der Waals surface area contributed by atoms with Gasteiger partial charge in [0.15, 0.2) is 5.58 Å². The first-order chi connectivity index (χ1) is 12.6. The van der Waals surface area contributed by atoms with Gasteiger partial charge in [-0.1, -0.05) is 0 Å². The molecule has 2 aromatic heterocycles. The second-order valence-corrected chi connectivity index (χ2v) is 8.21. The zero-order chi connectivity index (χ0) is 18.1. The largest absolute Gasteiger partial charge is 0.444 e. The lowest BCUT2D eigenvalue weighted by Crippen LogP contribution is -2.44. The van der Waals surface area contributed by atoms with Crippen LogP contribution in [0.3, 0.4) is 0 Å². The number of hydrogen-bond acceptors (Lipinski definition) is 6. The van der Waals surface area contributed by atoms with Crippen molar-refractivity contribution in [2.75, 3.05) is 32.1 Å². The number of furan rings is 1. The Morgan fingerprint density at radius 3 is 2.77 bits per heavy atom. The second-order valence-electron chi connectivity index (χ2n) is 7.41. The highest BCUT2D eigenvalue weighted by molar-refractivity contribution is 9.10. The van der Waals surface area contributed by atoms with Crippen LogP contribution in [0.4, 0.5) is 5.82 Å². The van der Waals surface area contributed by atoms with Crippen LogP contribution in [0.25, 0.3) is 11.0 Å². The van der Waals surface area contributed by atoms with Crippen LogP contribution in [-0.2, 0) is 4.74 Å². The summed E-state index contributed by atoms with van der Waals surface area (Å²) in [6.07, 6.45) is 6.36. The zero-order valence-electron chi connectivity index (χ0n) is 14.9. The van der Waals surface area contributed by atoms with Crippen LogP contribution in [0.5, 0.6) is 0 Å². The molecular weight excluding hydrogens is 396 g/mol. The molecule has 26 heavy (non-hydrogen) atoms. The lowest BCUT2D eigenvalue weighted by molar-refractivity contribution is -0.0496. The molecule has 1 saturated heterocycles. The van der Waals surface area contributed by atoms with E-state index in [1.165, 1.54) is 12.8 Å². The van der Waals surface area contributed by atoms with Crippen molar-refractivity contribution in [1.82, 2.24) is 9.88 Å². The van der Waals surface area contributed by atoms with E-state index in [0.29, 0.717) is 23.4 Å². The second kappa shape index (κ2) is 7.55. The molecule has 0 aromatic carbocycles. The highest BCUT2D eigenvalue weighted by Gasteiger charge is 2.28. The van der Waals surface area contributed by atoms with Gasteiger partial charge in [0.1, 0.15) is 11.9 Å². The van der Waals surface area contributed by atoms with E-state index in [2.05, 4.69) is 38.2 Å². The Morgan fingerprint density at radius 1 is 1.35 bits per heavy atom. The van der Waals surface area contributed by atoms with E-state index in [0.717, 1.165) is 54.2 Å². The molecule has 4 rings (SSSR count). The van der Waals surface area contributed by atoms with Gasteiger partial charge in [0.2, 0.25) is 5.76 Å². The molecule has 138 valence electrons. The minimum Gasteiger partial charge on any atom is -0.444 e. The molecule has 2 aromatic rings. The SMILES string of the molecule is CN(CC1COC1)C1CCC(Nc2ncc3oc(C#N)cc3c2Br)CC1. The Labute approximate surface area is 161 Å². The van der Waals surface area contributed by atoms with Crippen LogP contribution in [0.2, 0.25) is 0 Å². The quantitative estimate of drug-likeness (QED) is 0.796. The third-order valence-corrected chi connectivity index (χ3v) is 6.34. The standard InChI is InChI=1S/C19H23BrN4O2/c1-24(9-12-10-25-11-12)14-4-2-13(3-5-14)23-19-18(20)16-6-15(7-21)26-17(16)8-22-19/h6,8,12-14H,2-5,9-11H2,1H3,(H,22,23). The molecule has 1 saturated carbocycles. The summed E-state index contributed by atoms with van der Waals surface area (Å²) in [5.41, 5.74) is 0.629. The molecule has 6 nitrogen and oxygen atoms in total. The Hall–Kier alpha value is -1.62. The fourth-order valence-electron chi connectivity index (χ4n) is 3.94. The fraction of sp³-hybridized carbons (Fsp3) is 0.579. The van der Waals surface area contributed by atoms with E-state index in [-0.39, 0.29) is 0 Å². The number of nitrogens with zero attached hydrogens (tertiary/aromatic N) is 3. The van der Waals surface area contributed by atoms with Crippen LogP contribution < -0.4 is 5.32 Å². The number of halogens is 1. The van der Waals surface area contributed by atoms with E-state index in [1.807, 2.05) is 6.07 Å². The first kappa shape index (κ1) is 17.8. The minimum atomic E-state index is 0.306. The molecule has 0 atom stereocenters. The maximum atomic E-state index is 9.00. The first-order valence-electron chi connectivity index (χ1n) is 9.16. The van der Waals surface area contributed by atoms with Crippen molar-refractivity contribution in [2.45, 2.75) is 37.8 Å². The molecule has 0 radical (unpaired) electrons. The van der Waals surface area contributed by atoms with Crippen molar-refractivity contribution in [3.8, 4) is 6.07 Å². The van der Waals surface area contributed by atoms with E-state index >= 15 is 0 Å².